The molecule has 1 aliphatic carbocycles. The van der Waals surface area contributed by atoms with Gasteiger partial charge in [-0.15, -0.1) is 0 Å². The molecular formula is C15H23NO2. The SMILES string of the molecule is CCOc1ccccc1OC1CCCCCC1N. The molecule has 0 spiro atoms. The zero-order valence-corrected chi connectivity index (χ0v) is 11.1. The van der Waals surface area contributed by atoms with Crippen molar-refractivity contribution in [2.24, 2.45) is 5.73 Å². The molecule has 100 valence electrons. The van der Waals surface area contributed by atoms with Crippen LogP contribution in [0.25, 0.3) is 0 Å². The van der Waals surface area contributed by atoms with E-state index < -0.39 is 0 Å². The summed E-state index contributed by atoms with van der Waals surface area (Å²) in [5.41, 5.74) is 6.19. The Hall–Kier alpha value is -1.22. The molecule has 1 fully saturated rings. The van der Waals surface area contributed by atoms with Crippen LogP contribution in [0.4, 0.5) is 0 Å². The van der Waals surface area contributed by atoms with Crippen molar-refractivity contribution < 1.29 is 9.47 Å². The van der Waals surface area contributed by atoms with E-state index in [9.17, 15) is 0 Å². The van der Waals surface area contributed by atoms with Gasteiger partial charge in [-0.2, -0.15) is 0 Å². The van der Waals surface area contributed by atoms with Gasteiger partial charge in [0.15, 0.2) is 11.5 Å². The molecule has 1 saturated carbocycles. The van der Waals surface area contributed by atoms with Crippen LogP contribution in [0.5, 0.6) is 11.5 Å². The molecule has 2 rings (SSSR count). The Balaban J connectivity index is 2.07. The second-order valence-corrected chi connectivity index (χ2v) is 4.84. The summed E-state index contributed by atoms with van der Waals surface area (Å²) >= 11 is 0. The first kappa shape index (κ1) is 13.2. The molecule has 18 heavy (non-hydrogen) atoms. The lowest BCUT2D eigenvalue weighted by molar-refractivity contribution is 0.155. The number of benzene rings is 1. The van der Waals surface area contributed by atoms with E-state index in [4.69, 9.17) is 15.2 Å². The third-order valence-electron chi connectivity index (χ3n) is 3.43. The first-order valence-electron chi connectivity index (χ1n) is 6.95. The fraction of sp³-hybridized carbons (Fsp3) is 0.600. The van der Waals surface area contributed by atoms with Gasteiger partial charge in [0.2, 0.25) is 0 Å². The average molecular weight is 249 g/mol. The second-order valence-electron chi connectivity index (χ2n) is 4.84. The summed E-state index contributed by atoms with van der Waals surface area (Å²) in [6, 6.07) is 7.98. The molecular weight excluding hydrogens is 226 g/mol. The van der Waals surface area contributed by atoms with Gasteiger partial charge in [-0.05, 0) is 38.3 Å². The summed E-state index contributed by atoms with van der Waals surface area (Å²) in [6.07, 6.45) is 5.90. The maximum absolute atomic E-state index is 6.19. The predicted octanol–water partition coefficient (Wildman–Crippen LogP) is 3.12. The minimum absolute atomic E-state index is 0.120. The van der Waals surface area contributed by atoms with Crippen LogP contribution in [0.3, 0.4) is 0 Å². The molecule has 0 aromatic heterocycles. The van der Waals surface area contributed by atoms with Crippen molar-refractivity contribution >= 4 is 0 Å². The third-order valence-corrected chi connectivity index (χ3v) is 3.43. The highest BCUT2D eigenvalue weighted by atomic mass is 16.5. The molecule has 0 radical (unpaired) electrons. The topological polar surface area (TPSA) is 44.5 Å². The Morgan fingerprint density at radius 3 is 2.61 bits per heavy atom. The molecule has 0 amide bonds. The number of hydrogen-bond acceptors (Lipinski definition) is 3. The average Bonchev–Trinajstić information content (AvgIpc) is 2.58. The van der Waals surface area contributed by atoms with Crippen LogP contribution in [0.15, 0.2) is 24.3 Å². The van der Waals surface area contributed by atoms with Crippen LogP contribution in [-0.4, -0.2) is 18.8 Å². The normalized spacial score (nSPS) is 24.3. The van der Waals surface area contributed by atoms with Gasteiger partial charge in [0, 0.05) is 6.04 Å². The molecule has 0 saturated heterocycles. The van der Waals surface area contributed by atoms with Crippen LogP contribution in [0.1, 0.15) is 39.0 Å². The first-order chi connectivity index (χ1) is 8.81. The van der Waals surface area contributed by atoms with E-state index in [-0.39, 0.29) is 12.1 Å². The van der Waals surface area contributed by atoms with Gasteiger partial charge in [0.05, 0.1) is 6.61 Å². The first-order valence-corrected chi connectivity index (χ1v) is 6.95. The third kappa shape index (κ3) is 3.39. The smallest absolute Gasteiger partial charge is 0.161 e. The monoisotopic (exact) mass is 249 g/mol. The molecule has 2 N–H and O–H groups in total. The number of hydrogen-bond donors (Lipinski definition) is 1. The Morgan fingerprint density at radius 2 is 1.83 bits per heavy atom. The standard InChI is InChI=1S/C15H23NO2/c1-2-17-14-10-6-7-11-15(14)18-13-9-5-3-4-8-12(13)16/h6-7,10-13H,2-5,8-9,16H2,1H3. The molecule has 1 aromatic carbocycles. The lowest BCUT2D eigenvalue weighted by Gasteiger charge is -2.24. The minimum atomic E-state index is 0.120. The largest absolute Gasteiger partial charge is 0.490 e. The number of rotatable bonds is 4. The van der Waals surface area contributed by atoms with Gasteiger partial charge < -0.3 is 15.2 Å². The van der Waals surface area contributed by atoms with Gasteiger partial charge in [-0.1, -0.05) is 25.0 Å². The highest BCUT2D eigenvalue weighted by Crippen LogP contribution is 2.30. The van der Waals surface area contributed by atoms with Crippen molar-refractivity contribution in [3.8, 4) is 11.5 Å². The Bertz CT molecular complexity index is 367. The number of nitrogens with two attached hydrogens (primary N) is 1. The summed E-state index contributed by atoms with van der Waals surface area (Å²) in [5, 5.41) is 0. The van der Waals surface area contributed by atoms with Crippen LogP contribution in [-0.2, 0) is 0 Å². The molecule has 1 aromatic rings. The van der Waals surface area contributed by atoms with E-state index in [0.717, 1.165) is 24.3 Å². The van der Waals surface area contributed by atoms with E-state index >= 15 is 0 Å². The Morgan fingerprint density at radius 1 is 1.11 bits per heavy atom. The second kappa shape index (κ2) is 6.64. The van der Waals surface area contributed by atoms with Crippen LogP contribution < -0.4 is 15.2 Å². The molecule has 3 heteroatoms. The lowest BCUT2D eigenvalue weighted by Crippen LogP contribution is -2.37. The molecule has 0 bridgehead atoms. The van der Waals surface area contributed by atoms with Gasteiger partial charge in [-0.3, -0.25) is 0 Å². The summed E-state index contributed by atoms with van der Waals surface area (Å²) < 4.78 is 11.7. The summed E-state index contributed by atoms with van der Waals surface area (Å²) in [7, 11) is 0. The van der Waals surface area contributed by atoms with Crippen molar-refractivity contribution in [3.63, 3.8) is 0 Å². The fourth-order valence-electron chi connectivity index (χ4n) is 2.43. The predicted molar refractivity (Wildman–Crippen MR) is 73.1 cm³/mol. The van der Waals surface area contributed by atoms with Gasteiger partial charge >= 0.3 is 0 Å². The lowest BCUT2D eigenvalue weighted by atomic mass is 10.1. The highest BCUT2D eigenvalue weighted by molar-refractivity contribution is 5.39. The van der Waals surface area contributed by atoms with Crippen molar-refractivity contribution in [2.75, 3.05) is 6.61 Å². The van der Waals surface area contributed by atoms with Gasteiger partial charge in [0.25, 0.3) is 0 Å². The molecule has 0 aliphatic heterocycles. The zero-order valence-electron chi connectivity index (χ0n) is 11.1. The van der Waals surface area contributed by atoms with Crippen molar-refractivity contribution in [1.82, 2.24) is 0 Å². The van der Waals surface area contributed by atoms with E-state index in [0.29, 0.717) is 6.61 Å². The zero-order chi connectivity index (χ0) is 12.8. The molecule has 1 aliphatic rings. The van der Waals surface area contributed by atoms with Crippen molar-refractivity contribution in [1.29, 1.82) is 0 Å². The maximum Gasteiger partial charge on any atom is 0.161 e. The highest BCUT2D eigenvalue weighted by Gasteiger charge is 2.22. The van der Waals surface area contributed by atoms with Gasteiger partial charge in [0.1, 0.15) is 6.10 Å². The van der Waals surface area contributed by atoms with Crippen LogP contribution in [0.2, 0.25) is 0 Å². The molecule has 3 nitrogen and oxygen atoms in total. The molecule has 0 heterocycles. The maximum atomic E-state index is 6.19. The minimum Gasteiger partial charge on any atom is -0.490 e. The van der Waals surface area contributed by atoms with Crippen LogP contribution in [0, 0.1) is 0 Å². The molecule has 2 atom stereocenters. The fourth-order valence-corrected chi connectivity index (χ4v) is 2.43. The van der Waals surface area contributed by atoms with E-state index in [1.165, 1.54) is 19.3 Å². The quantitative estimate of drug-likeness (QED) is 0.834. The molecule has 2 unspecified atom stereocenters. The van der Waals surface area contributed by atoms with Gasteiger partial charge in [-0.25, -0.2) is 0 Å². The summed E-state index contributed by atoms with van der Waals surface area (Å²) in [4.78, 5) is 0. The Labute approximate surface area is 109 Å². The van der Waals surface area contributed by atoms with Crippen molar-refractivity contribution in [3.05, 3.63) is 24.3 Å². The van der Waals surface area contributed by atoms with Crippen LogP contribution >= 0.6 is 0 Å². The summed E-state index contributed by atoms with van der Waals surface area (Å²) in [6.45, 7) is 2.63. The van der Waals surface area contributed by atoms with E-state index in [1.807, 2.05) is 31.2 Å². The van der Waals surface area contributed by atoms with E-state index in [2.05, 4.69) is 0 Å². The van der Waals surface area contributed by atoms with Crippen molar-refractivity contribution in [2.45, 2.75) is 51.2 Å². The number of ether oxygens (including phenoxy) is 2. The van der Waals surface area contributed by atoms with E-state index in [1.54, 1.807) is 0 Å². The summed E-state index contributed by atoms with van der Waals surface area (Å²) in [5.74, 6) is 1.64. The number of para-hydroxylation sites is 2. The Kier molecular flexibility index (Phi) is 4.88.